The Balaban J connectivity index is 1.90. The summed E-state index contributed by atoms with van der Waals surface area (Å²) in [6.07, 6.45) is 2.24. The van der Waals surface area contributed by atoms with Crippen LogP contribution in [0.1, 0.15) is 31.1 Å². The molecule has 0 unspecified atom stereocenters. The molecule has 3 atom stereocenters. The minimum atomic E-state index is -0.318. The van der Waals surface area contributed by atoms with Gasteiger partial charge in [-0.1, -0.05) is 18.2 Å². The molecule has 0 amide bonds. The third-order valence-corrected chi connectivity index (χ3v) is 6.32. The highest BCUT2D eigenvalue weighted by Gasteiger charge is 2.40. The van der Waals surface area contributed by atoms with Gasteiger partial charge in [-0.05, 0) is 61.6 Å². The SMILES string of the molecule is C/C=C(/C)C(=O)OC[C@H]1[C@@H](Cc2ccc(OC)cc2)CO[C@@H]1c1cc(OC)c(OC)c(OC)c1. The summed E-state index contributed by atoms with van der Waals surface area (Å²) in [5, 5.41) is 0. The summed E-state index contributed by atoms with van der Waals surface area (Å²) in [4.78, 5) is 12.4. The fourth-order valence-electron chi connectivity index (χ4n) is 4.23. The molecule has 0 radical (unpaired) electrons. The number of benzene rings is 2. The van der Waals surface area contributed by atoms with Crippen LogP contribution in [-0.4, -0.2) is 47.6 Å². The summed E-state index contributed by atoms with van der Waals surface area (Å²) in [5.41, 5.74) is 2.63. The number of carbonyl (C=O) groups is 1. The smallest absolute Gasteiger partial charge is 0.333 e. The largest absolute Gasteiger partial charge is 0.497 e. The lowest BCUT2D eigenvalue weighted by molar-refractivity contribution is -0.141. The zero-order valence-corrected chi connectivity index (χ0v) is 20.8. The van der Waals surface area contributed by atoms with Gasteiger partial charge in [0, 0.05) is 11.5 Å². The van der Waals surface area contributed by atoms with E-state index in [9.17, 15) is 4.79 Å². The van der Waals surface area contributed by atoms with Gasteiger partial charge < -0.3 is 28.4 Å². The topological polar surface area (TPSA) is 72.5 Å². The first-order chi connectivity index (χ1) is 16.4. The predicted molar refractivity (Wildman–Crippen MR) is 129 cm³/mol. The molecule has 1 aliphatic heterocycles. The van der Waals surface area contributed by atoms with Gasteiger partial charge in [-0.15, -0.1) is 0 Å². The van der Waals surface area contributed by atoms with Crippen molar-refractivity contribution in [1.82, 2.24) is 0 Å². The van der Waals surface area contributed by atoms with Gasteiger partial charge >= 0.3 is 5.97 Å². The lowest BCUT2D eigenvalue weighted by Gasteiger charge is -2.24. The average Bonchev–Trinajstić information content (AvgIpc) is 3.28. The maximum atomic E-state index is 12.4. The fourth-order valence-corrected chi connectivity index (χ4v) is 4.23. The highest BCUT2D eigenvalue weighted by molar-refractivity contribution is 5.87. The number of methoxy groups -OCH3 is 4. The Hall–Kier alpha value is -3.19. The molecule has 0 aliphatic carbocycles. The van der Waals surface area contributed by atoms with E-state index in [1.807, 2.05) is 31.2 Å². The van der Waals surface area contributed by atoms with E-state index in [0.29, 0.717) is 29.4 Å². The number of ether oxygens (including phenoxy) is 6. The van der Waals surface area contributed by atoms with E-state index in [4.69, 9.17) is 28.4 Å². The van der Waals surface area contributed by atoms with E-state index in [0.717, 1.165) is 17.7 Å². The van der Waals surface area contributed by atoms with Crippen LogP contribution in [0.3, 0.4) is 0 Å². The summed E-state index contributed by atoms with van der Waals surface area (Å²) < 4.78 is 33.8. The third-order valence-electron chi connectivity index (χ3n) is 6.32. The van der Waals surface area contributed by atoms with E-state index < -0.39 is 0 Å². The number of carbonyl (C=O) groups excluding carboxylic acids is 1. The fraction of sp³-hybridized carbons (Fsp3) is 0.444. The van der Waals surface area contributed by atoms with Gasteiger partial charge in [-0.25, -0.2) is 4.79 Å². The van der Waals surface area contributed by atoms with Crippen molar-refractivity contribution in [1.29, 1.82) is 0 Å². The maximum absolute atomic E-state index is 12.4. The molecule has 2 aromatic carbocycles. The molecular weight excluding hydrogens is 436 g/mol. The van der Waals surface area contributed by atoms with Crippen LogP contribution >= 0.6 is 0 Å². The Morgan fingerprint density at radius 1 is 1.00 bits per heavy atom. The summed E-state index contributed by atoms with van der Waals surface area (Å²) in [5.74, 6) is 2.22. The van der Waals surface area contributed by atoms with Crippen molar-refractivity contribution in [3.05, 3.63) is 59.2 Å². The van der Waals surface area contributed by atoms with Crippen LogP contribution in [0.2, 0.25) is 0 Å². The summed E-state index contributed by atoms with van der Waals surface area (Å²) in [6, 6.07) is 11.8. The normalized spacial score (nSPS) is 20.1. The Kier molecular flexibility index (Phi) is 8.82. The van der Waals surface area contributed by atoms with Gasteiger partial charge in [0.2, 0.25) is 5.75 Å². The Morgan fingerprint density at radius 2 is 1.65 bits per heavy atom. The minimum Gasteiger partial charge on any atom is -0.497 e. The van der Waals surface area contributed by atoms with Crippen LogP contribution in [0, 0.1) is 11.8 Å². The second kappa shape index (κ2) is 11.8. The lowest BCUT2D eigenvalue weighted by atomic mass is 9.84. The number of esters is 1. The number of hydrogen-bond donors (Lipinski definition) is 0. The quantitative estimate of drug-likeness (QED) is 0.366. The molecule has 0 saturated carbocycles. The Bertz CT molecular complexity index is 972. The maximum Gasteiger partial charge on any atom is 0.333 e. The zero-order valence-electron chi connectivity index (χ0n) is 20.8. The molecule has 2 aromatic rings. The molecule has 3 rings (SSSR count). The molecule has 34 heavy (non-hydrogen) atoms. The monoisotopic (exact) mass is 470 g/mol. The predicted octanol–water partition coefficient (Wildman–Crippen LogP) is 4.78. The van der Waals surface area contributed by atoms with Gasteiger partial charge in [-0.2, -0.15) is 0 Å². The molecule has 1 fully saturated rings. The molecule has 0 bridgehead atoms. The third kappa shape index (κ3) is 5.65. The van der Waals surface area contributed by atoms with Gasteiger partial charge in [0.05, 0.1) is 47.8 Å². The van der Waals surface area contributed by atoms with E-state index >= 15 is 0 Å². The van der Waals surface area contributed by atoms with Crippen LogP contribution in [0.15, 0.2) is 48.0 Å². The van der Waals surface area contributed by atoms with E-state index in [-0.39, 0.29) is 30.5 Å². The van der Waals surface area contributed by atoms with Crippen LogP contribution in [0.5, 0.6) is 23.0 Å². The van der Waals surface area contributed by atoms with E-state index in [1.165, 1.54) is 5.56 Å². The van der Waals surface area contributed by atoms with Crippen molar-refractivity contribution in [3.63, 3.8) is 0 Å². The van der Waals surface area contributed by atoms with Gasteiger partial charge in [0.15, 0.2) is 11.5 Å². The minimum absolute atomic E-state index is 0.0569. The second-order valence-electron chi connectivity index (χ2n) is 8.26. The molecule has 184 valence electrons. The van der Waals surface area contributed by atoms with Crippen molar-refractivity contribution in [3.8, 4) is 23.0 Å². The second-order valence-corrected chi connectivity index (χ2v) is 8.26. The number of hydrogen-bond acceptors (Lipinski definition) is 7. The lowest BCUT2D eigenvalue weighted by Crippen LogP contribution is -2.24. The van der Waals surface area contributed by atoms with Crippen LogP contribution < -0.4 is 18.9 Å². The Morgan fingerprint density at radius 3 is 2.18 bits per heavy atom. The Labute approximate surface area is 201 Å². The molecule has 7 nitrogen and oxygen atoms in total. The molecule has 0 spiro atoms. The van der Waals surface area contributed by atoms with Crippen LogP contribution in [0.25, 0.3) is 0 Å². The van der Waals surface area contributed by atoms with Crippen molar-refractivity contribution >= 4 is 5.97 Å². The summed E-state index contributed by atoms with van der Waals surface area (Å²) >= 11 is 0. The molecule has 0 aromatic heterocycles. The molecule has 1 saturated heterocycles. The average molecular weight is 471 g/mol. The van der Waals surface area contributed by atoms with Crippen molar-refractivity contribution in [2.24, 2.45) is 11.8 Å². The van der Waals surface area contributed by atoms with Gasteiger partial charge in [0.25, 0.3) is 0 Å². The highest BCUT2D eigenvalue weighted by Crippen LogP contribution is 2.46. The molecule has 0 N–H and O–H groups in total. The van der Waals surface area contributed by atoms with E-state index in [2.05, 4.69) is 12.1 Å². The van der Waals surface area contributed by atoms with Crippen LogP contribution in [0.4, 0.5) is 0 Å². The van der Waals surface area contributed by atoms with Crippen molar-refractivity contribution in [2.45, 2.75) is 26.4 Å². The molecule has 7 heteroatoms. The molecule has 1 heterocycles. The van der Waals surface area contributed by atoms with Gasteiger partial charge in [0.1, 0.15) is 5.75 Å². The van der Waals surface area contributed by atoms with Crippen LogP contribution in [-0.2, 0) is 20.7 Å². The first kappa shape index (κ1) is 25.4. The standard InChI is InChI=1S/C27H34O7/c1-7-17(2)27(28)34-16-22-20(12-18-8-10-21(29-3)11-9-18)15-33-25(22)19-13-23(30-4)26(32-6)24(14-19)31-5/h7-11,13-14,20,22,25H,12,15-16H2,1-6H3/b17-7-/t20-,22-,25+/m0/s1. The first-order valence-electron chi connectivity index (χ1n) is 11.3. The first-order valence-corrected chi connectivity index (χ1v) is 11.3. The zero-order chi connectivity index (χ0) is 24.7. The molecular formula is C27H34O7. The number of rotatable bonds is 10. The highest BCUT2D eigenvalue weighted by atomic mass is 16.5. The van der Waals surface area contributed by atoms with E-state index in [1.54, 1.807) is 41.4 Å². The van der Waals surface area contributed by atoms with Gasteiger partial charge in [-0.3, -0.25) is 0 Å². The van der Waals surface area contributed by atoms with Crippen molar-refractivity contribution < 1.29 is 33.2 Å². The number of allylic oxidation sites excluding steroid dienone is 1. The summed E-state index contributed by atoms with van der Waals surface area (Å²) in [6.45, 7) is 4.35. The summed E-state index contributed by atoms with van der Waals surface area (Å²) in [7, 11) is 6.39. The molecule has 1 aliphatic rings. The van der Waals surface area contributed by atoms with Crippen molar-refractivity contribution in [2.75, 3.05) is 41.7 Å².